The third-order valence-electron chi connectivity index (χ3n) is 5.36. The lowest BCUT2D eigenvalue weighted by molar-refractivity contribution is 0.327. The van der Waals surface area contributed by atoms with Gasteiger partial charge >= 0.3 is 0 Å². The SMILES string of the molecule is Cc1[nH]ncc1-c1cc2nc(CN3CC4=C(CC(C)C=C4)C3)[nH]c(=O)c2s1. The zero-order valence-electron chi connectivity index (χ0n) is 15.4. The fourth-order valence-corrected chi connectivity index (χ4v) is 5.06. The lowest BCUT2D eigenvalue weighted by atomic mass is 9.93. The summed E-state index contributed by atoms with van der Waals surface area (Å²) in [7, 11) is 0. The van der Waals surface area contributed by atoms with Crippen LogP contribution in [0.2, 0.25) is 0 Å². The molecular weight excluding hydrogens is 358 g/mol. The third kappa shape index (κ3) is 2.96. The first kappa shape index (κ1) is 16.6. The summed E-state index contributed by atoms with van der Waals surface area (Å²) in [6, 6.07) is 1.99. The highest BCUT2D eigenvalue weighted by atomic mass is 32.1. The number of thiophene rings is 1. The Hall–Kier alpha value is -2.51. The minimum absolute atomic E-state index is 0.0576. The summed E-state index contributed by atoms with van der Waals surface area (Å²) in [5.41, 5.74) is 5.69. The summed E-state index contributed by atoms with van der Waals surface area (Å²) >= 11 is 1.47. The first-order valence-electron chi connectivity index (χ1n) is 9.21. The highest BCUT2D eigenvalue weighted by Crippen LogP contribution is 2.33. The van der Waals surface area contributed by atoms with Gasteiger partial charge in [0.25, 0.3) is 5.56 Å². The number of H-pyrrole nitrogens is 2. The van der Waals surface area contributed by atoms with Gasteiger partial charge in [-0.25, -0.2) is 4.98 Å². The van der Waals surface area contributed by atoms with Crippen molar-refractivity contribution < 1.29 is 0 Å². The molecule has 6 nitrogen and oxygen atoms in total. The van der Waals surface area contributed by atoms with Gasteiger partial charge in [0.1, 0.15) is 10.5 Å². The normalized spacial score (nSPS) is 20.0. The van der Waals surface area contributed by atoms with Gasteiger partial charge in [-0.2, -0.15) is 5.10 Å². The third-order valence-corrected chi connectivity index (χ3v) is 6.51. The summed E-state index contributed by atoms with van der Waals surface area (Å²) in [6.07, 6.45) is 7.49. The number of nitrogens with zero attached hydrogens (tertiary/aromatic N) is 3. The maximum atomic E-state index is 12.6. The van der Waals surface area contributed by atoms with E-state index >= 15 is 0 Å². The van der Waals surface area contributed by atoms with E-state index in [-0.39, 0.29) is 5.56 Å². The quantitative estimate of drug-likeness (QED) is 0.731. The Morgan fingerprint density at radius 2 is 2.26 bits per heavy atom. The summed E-state index contributed by atoms with van der Waals surface area (Å²) in [5.74, 6) is 1.35. The molecule has 3 aromatic rings. The minimum atomic E-state index is -0.0576. The van der Waals surface area contributed by atoms with E-state index in [9.17, 15) is 4.79 Å². The molecule has 1 atom stereocenters. The Bertz CT molecular complexity index is 1150. The zero-order chi connectivity index (χ0) is 18.5. The van der Waals surface area contributed by atoms with Crippen LogP contribution in [0.15, 0.2) is 40.4 Å². The predicted molar refractivity (Wildman–Crippen MR) is 108 cm³/mol. The summed E-state index contributed by atoms with van der Waals surface area (Å²) < 4.78 is 0.671. The molecule has 0 aromatic carbocycles. The van der Waals surface area contributed by atoms with Crippen molar-refractivity contribution in [3.05, 3.63) is 57.4 Å². The molecule has 1 aliphatic heterocycles. The van der Waals surface area contributed by atoms with Gasteiger partial charge in [0.15, 0.2) is 0 Å². The van der Waals surface area contributed by atoms with Crippen LogP contribution in [0.25, 0.3) is 20.7 Å². The van der Waals surface area contributed by atoms with Crippen molar-refractivity contribution >= 4 is 21.6 Å². The Morgan fingerprint density at radius 1 is 1.37 bits per heavy atom. The van der Waals surface area contributed by atoms with Gasteiger partial charge in [-0.05, 0) is 30.9 Å². The van der Waals surface area contributed by atoms with Crippen molar-refractivity contribution in [1.82, 2.24) is 25.1 Å². The summed E-state index contributed by atoms with van der Waals surface area (Å²) in [5, 5.41) is 7.02. The van der Waals surface area contributed by atoms with E-state index in [4.69, 9.17) is 4.98 Å². The second-order valence-corrected chi connectivity index (χ2v) is 8.61. The molecule has 138 valence electrons. The zero-order valence-corrected chi connectivity index (χ0v) is 16.2. The van der Waals surface area contributed by atoms with Crippen molar-refractivity contribution in [2.45, 2.75) is 26.8 Å². The number of aromatic amines is 2. The van der Waals surface area contributed by atoms with Gasteiger partial charge in [0.2, 0.25) is 0 Å². The smallest absolute Gasteiger partial charge is 0.268 e. The van der Waals surface area contributed by atoms with Crippen LogP contribution in [0.5, 0.6) is 0 Å². The number of aryl methyl sites for hydroxylation is 1. The molecule has 0 saturated carbocycles. The van der Waals surface area contributed by atoms with E-state index in [1.807, 2.05) is 13.0 Å². The lowest BCUT2D eigenvalue weighted by Crippen LogP contribution is -2.24. The number of allylic oxidation sites excluding steroid dienone is 1. The topological polar surface area (TPSA) is 77.7 Å². The molecule has 2 N–H and O–H groups in total. The summed E-state index contributed by atoms with van der Waals surface area (Å²) in [4.78, 5) is 23.7. The van der Waals surface area contributed by atoms with Crippen LogP contribution < -0.4 is 5.56 Å². The molecule has 4 heterocycles. The molecular formula is C20H21N5OS. The Labute approximate surface area is 160 Å². The number of nitrogens with one attached hydrogen (secondary N) is 2. The van der Waals surface area contributed by atoms with Crippen LogP contribution in [-0.2, 0) is 6.54 Å². The van der Waals surface area contributed by atoms with Gasteiger partial charge in [0, 0.05) is 29.2 Å². The molecule has 0 radical (unpaired) electrons. The number of hydrogen-bond acceptors (Lipinski definition) is 5. The van der Waals surface area contributed by atoms with Gasteiger partial charge in [-0.1, -0.05) is 24.6 Å². The number of fused-ring (bicyclic) bond motifs is 1. The fraction of sp³-hybridized carbons (Fsp3) is 0.350. The molecule has 0 saturated heterocycles. The van der Waals surface area contributed by atoms with E-state index in [2.05, 4.69) is 39.2 Å². The molecule has 0 amide bonds. The number of hydrogen-bond donors (Lipinski definition) is 2. The van der Waals surface area contributed by atoms with Crippen LogP contribution in [-0.4, -0.2) is 38.2 Å². The molecule has 3 aromatic heterocycles. The molecule has 7 heteroatoms. The first-order valence-corrected chi connectivity index (χ1v) is 10.0. The van der Waals surface area contributed by atoms with Gasteiger partial charge in [-0.15, -0.1) is 11.3 Å². The van der Waals surface area contributed by atoms with Crippen molar-refractivity contribution in [3.63, 3.8) is 0 Å². The highest BCUT2D eigenvalue weighted by Gasteiger charge is 2.24. The van der Waals surface area contributed by atoms with Crippen LogP contribution >= 0.6 is 11.3 Å². The van der Waals surface area contributed by atoms with Crippen LogP contribution in [0, 0.1) is 12.8 Å². The maximum absolute atomic E-state index is 12.6. The van der Waals surface area contributed by atoms with Gasteiger partial charge in [0.05, 0.1) is 18.3 Å². The van der Waals surface area contributed by atoms with Crippen LogP contribution in [0.3, 0.4) is 0 Å². The molecule has 0 spiro atoms. The average Bonchev–Trinajstić information content (AvgIpc) is 3.32. The predicted octanol–water partition coefficient (Wildman–Crippen LogP) is 3.39. The molecule has 5 rings (SSSR count). The Balaban J connectivity index is 1.41. The molecule has 0 bridgehead atoms. The Kier molecular flexibility index (Phi) is 3.87. The molecule has 1 aliphatic carbocycles. The van der Waals surface area contributed by atoms with Crippen LogP contribution in [0.1, 0.15) is 24.9 Å². The average molecular weight is 379 g/mol. The van der Waals surface area contributed by atoms with Crippen LogP contribution in [0.4, 0.5) is 0 Å². The molecule has 1 unspecified atom stereocenters. The van der Waals surface area contributed by atoms with Crippen molar-refractivity contribution in [3.8, 4) is 10.4 Å². The minimum Gasteiger partial charge on any atom is -0.308 e. The van der Waals surface area contributed by atoms with Crippen molar-refractivity contribution in [1.29, 1.82) is 0 Å². The van der Waals surface area contributed by atoms with Crippen molar-refractivity contribution in [2.75, 3.05) is 13.1 Å². The second kappa shape index (κ2) is 6.28. The van der Waals surface area contributed by atoms with Gasteiger partial charge in [-0.3, -0.25) is 14.8 Å². The monoisotopic (exact) mass is 379 g/mol. The number of rotatable bonds is 3. The van der Waals surface area contributed by atoms with E-state index in [0.717, 1.165) is 47.0 Å². The second-order valence-electron chi connectivity index (χ2n) is 7.56. The van der Waals surface area contributed by atoms with E-state index in [1.165, 1.54) is 22.5 Å². The number of aromatic nitrogens is 4. The molecule has 0 fully saturated rings. The summed E-state index contributed by atoms with van der Waals surface area (Å²) in [6.45, 7) is 6.80. The highest BCUT2D eigenvalue weighted by molar-refractivity contribution is 7.22. The first-order chi connectivity index (χ1) is 13.1. The van der Waals surface area contributed by atoms with E-state index < -0.39 is 0 Å². The standard InChI is InChI=1S/C20H21N5OS/c1-11-3-4-13-8-25(9-14(13)5-11)10-18-22-16-6-17(15-7-21-24-12(15)2)27-19(16)20(26)23-18/h3-4,6-7,11H,5,8-10H2,1-2H3,(H,21,24)(H,22,23,26). The fourth-order valence-electron chi connectivity index (χ4n) is 4.00. The van der Waals surface area contributed by atoms with E-state index in [1.54, 1.807) is 6.20 Å². The largest absolute Gasteiger partial charge is 0.308 e. The molecule has 2 aliphatic rings. The Morgan fingerprint density at radius 3 is 3.07 bits per heavy atom. The lowest BCUT2D eigenvalue weighted by Gasteiger charge is -2.15. The van der Waals surface area contributed by atoms with Gasteiger partial charge < -0.3 is 4.98 Å². The molecule has 27 heavy (non-hydrogen) atoms. The van der Waals surface area contributed by atoms with Crippen molar-refractivity contribution in [2.24, 2.45) is 5.92 Å². The maximum Gasteiger partial charge on any atom is 0.268 e. The van der Waals surface area contributed by atoms with E-state index in [0.29, 0.717) is 17.2 Å².